The van der Waals surface area contributed by atoms with Crippen molar-refractivity contribution in [2.45, 2.75) is 11.5 Å². The summed E-state index contributed by atoms with van der Waals surface area (Å²) in [5.41, 5.74) is 2.18. The van der Waals surface area contributed by atoms with Crippen LogP contribution in [0.4, 0.5) is 5.82 Å². The van der Waals surface area contributed by atoms with Crippen LogP contribution in [0.5, 0.6) is 0 Å². The number of nitrogens with one attached hydrogen (secondary N) is 1. The minimum absolute atomic E-state index is 0.0254. The molecular weight excluding hydrogens is 346 g/mol. The molecule has 2 aromatic carbocycles. The van der Waals surface area contributed by atoms with Crippen LogP contribution in [-0.2, 0) is 17.6 Å². The Labute approximate surface area is 147 Å². The highest BCUT2D eigenvalue weighted by Crippen LogP contribution is 2.26. The van der Waals surface area contributed by atoms with Crippen LogP contribution >= 0.6 is 11.6 Å². The van der Waals surface area contributed by atoms with Gasteiger partial charge in [-0.25, -0.2) is 9.19 Å². The molecule has 0 aliphatic rings. The van der Waals surface area contributed by atoms with Crippen LogP contribution in [0.2, 0.25) is 5.02 Å². The summed E-state index contributed by atoms with van der Waals surface area (Å²) in [4.78, 5) is 9.03. The topological polar surface area (TPSA) is 75.1 Å². The SMILES string of the molecule is O=S(Nc1nccnc1-c1ccc(CO)cc1)c1ccccc1Cl. The number of aliphatic hydroxyl groups excluding tert-OH is 1. The quantitative estimate of drug-likeness (QED) is 0.731. The zero-order valence-electron chi connectivity index (χ0n) is 12.5. The molecule has 7 heteroatoms. The maximum atomic E-state index is 12.5. The highest BCUT2D eigenvalue weighted by Gasteiger charge is 2.13. The summed E-state index contributed by atoms with van der Waals surface area (Å²) in [6.07, 6.45) is 3.09. The molecule has 0 saturated heterocycles. The highest BCUT2D eigenvalue weighted by atomic mass is 35.5. The number of anilines is 1. The third-order valence-corrected chi connectivity index (χ3v) is 4.91. The largest absolute Gasteiger partial charge is 0.392 e. The molecule has 0 fully saturated rings. The monoisotopic (exact) mass is 359 g/mol. The molecule has 1 heterocycles. The fraction of sp³-hybridized carbons (Fsp3) is 0.0588. The van der Waals surface area contributed by atoms with Crippen molar-refractivity contribution < 1.29 is 9.32 Å². The Morgan fingerprint density at radius 2 is 1.75 bits per heavy atom. The Balaban J connectivity index is 1.92. The van der Waals surface area contributed by atoms with E-state index in [-0.39, 0.29) is 6.61 Å². The molecule has 0 bridgehead atoms. The maximum Gasteiger partial charge on any atom is 0.164 e. The molecule has 2 N–H and O–H groups in total. The molecule has 0 amide bonds. The first kappa shape index (κ1) is 16.6. The van der Waals surface area contributed by atoms with E-state index in [2.05, 4.69) is 14.7 Å². The maximum absolute atomic E-state index is 12.5. The molecule has 0 saturated carbocycles. The zero-order valence-corrected chi connectivity index (χ0v) is 14.1. The highest BCUT2D eigenvalue weighted by molar-refractivity contribution is 7.86. The molecule has 0 aliphatic heterocycles. The first-order valence-electron chi connectivity index (χ1n) is 7.13. The van der Waals surface area contributed by atoms with Crippen molar-refractivity contribution in [1.82, 2.24) is 9.97 Å². The van der Waals surface area contributed by atoms with Crippen LogP contribution in [0.25, 0.3) is 11.3 Å². The van der Waals surface area contributed by atoms with E-state index < -0.39 is 11.0 Å². The average molecular weight is 360 g/mol. The van der Waals surface area contributed by atoms with E-state index >= 15 is 0 Å². The molecule has 3 rings (SSSR count). The van der Waals surface area contributed by atoms with Gasteiger partial charge in [0.15, 0.2) is 16.8 Å². The number of rotatable bonds is 5. The summed E-state index contributed by atoms with van der Waals surface area (Å²) < 4.78 is 15.4. The van der Waals surface area contributed by atoms with Crippen molar-refractivity contribution >= 4 is 28.4 Å². The minimum atomic E-state index is -1.56. The molecule has 5 nitrogen and oxygen atoms in total. The Hall–Kier alpha value is -2.28. The number of aliphatic hydroxyl groups is 1. The Kier molecular flexibility index (Phi) is 5.20. The van der Waals surface area contributed by atoms with Crippen LogP contribution in [0.1, 0.15) is 5.56 Å². The van der Waals surface area contributed by atoms with Gasteiger partial charge in [-0.3, -0.25) is 9.71 Å². The Morgan fingerprint density at radius 1 is 1.04 bits per heavy atom. The summed E-state index contributed by atoms with van der Waals surface area (Å²) in [6.45, 7) is -0.0254. The van der Waals surface area contributed by atoms with E-state index in [4.69, 9.17) is 16.7 Å². The lowest BCUT2D eigenvalue weighted by molar-refractivity contribution is 0.282. The zero-order chi connectivity index (χ0) is 16.9. The Morgan fingerprint density at radius 3 is 2.46 bits per heavy atom. The van der Waals surface area contributed by atoms with Crippen molar-refractivity contribution in [2.24, 2.45) is 0 Å². The standard InChI is InChI=1S/C17H14ClN3O2S/c18-14-3-1-2-4-15(14)24(23)21-17-16(19-9-10-20-17)13-7-5-12(11-22)6-8-13/h1-10,22H,11H2,(H,20,21). The fourth-order valence-corrected chi connectivity index (χ4v) is 3.36. The molecule has 122 valence electrons. The van der Waals surface area contributed by atoms with E-state index in [1.54, 1.807) is 42.6 Å². The van der Waals surface area contributed by atoms with Gasteiger partial charge in [-0.1, -0.05) is 48.0 Å². The van der Waals surface area contributed by atoms with E-state index in [1.165, 1.54) is 6.20 Å². The van der Waals surface area contributed by atoms with Gasteiger partial charge >= 0.3 is 0 Å². The van der Waals surface area contributed by atoms with Gasteiger partial charge in [0.2, 0.25) is 0 Å². The number of hydrogen-bond donors (Lipinski definition) is 2. The van der Waals surface area contributed by atoms with E-state index in [9.17, 15) is 4.21 Å². The second-order valence-corrected chi connectivity index (χ2v) is 6.50. The number of hydrogen-bond acceptors (Lipinski definition) is 4. The lowest BCUT2D eigenvalue weighted by Crippen LogP contribution is -2.08. The van der Waals surface area contributed by atoms with Gasteiger partial charge in [0, 0.05) is 18.0 Å². The van der Waals surface area contributed by atoms with Crippen LogP contribution in [0.3, 0.4) is 0 Å². The van der Waals surface area contributed by atoms with Crippen LogP contribution in [0.15, 0.2) is 65.8 Å². The Bertz CT molecular complexity index is 872. The molecule has 24 heavy (non-hydrogen) atoms. The van der Waals surface area contributed by atoms with E-state index in [0.717, 1.165) is 11.1 Å². The first-order chi connectivity index (χ1) is 11.7. The lowest BCUT2D eigenvalue weighted by atomic mass is 10.1. The predicted octanol–water partition coefficient (Wildman–Crippen LogP) is 3.42. The summed E-state index contributed by atoms with van der Waals surface area (Å²) in [5.74, 6) is 0.396. The van der Waals surface area contributed by atoms with Gasteiger partial charge < -0.3 is 5.11 Å². The third kappa shape index (κ3) is 3.62. The molecule has 1 atom stereocenters. The molecule has 0 spiro atoms. The molecule has 0 radical (unpaired) electrons. The summed E-state index contributed by atoms with van der Waals surface area (Å²) in [5, 5.41) is 9.55. The molecule has 1 unspecified atom stereocenters. The number of benzene rings is 2. The number of aromatic nitrogens is 2. The van der Waals surface area contributed by atoms with Gasteiger partial charge in [0.25, 0.3) is 0 Å². The van der Waals surface area contributed by atoms with Crippen LogP contribution in [0, 0.1) is 0 Å². The van der Waals surface area contributed by atoms with Crippen molar-refractivity contribution in [2.75, 3.05) is 4.72 Å². The second-order valence-electron chi connectivity index (χ2n) is 4.91. The summed E-state index contributed by atoms with van der Waals surface area (Å²) >= 11 is 6.08. The van der Waals surface area contributed by atoms with Crippen LogP contribution < -0.4 is 4.72 Å². The van der Waals surface area contributed by atoms with Crippen molar-refractivity contribution in [1.29, 1.82) is 0 Å². The van der Waals surface area contributed by atoms with Crippen molar-refractivity contribution in [3.63, 3.8) is 0 Å². The van der Waals surface area contributed by atoms with Gasteiger partial charge in [-0.05, 0) is 17.7 Å². The molecule has 3 aromatic rings. The second kappa shape index (κ2) is 7.53. The van der Waals surface area contributed by atoms with E-state index in [0.29, 0.717) is 21.4 Å². The van der Waals surface area contributed by atoms with Gasteiger partial charge in [0.05, 0.1) is 16.5 Å². The van der Waals surface area contributed by atoms with Crippen LogP contribution in [-0.4, -0.2) is 19.3 Å². The lowest BCUT2D eigenvalue weighted by Gasteiger charge is -2.10. The van der Waals surface area contributed by atoms with E-state index in [1.807, 2.05) is 12.1 Å². The first-order valence-corrected chi connectivity index (χ1v) is 8.66. The van der Waals surface area contributed by atoms with Gasteiger partial charge in [0.1, 0.15) is 5.69 Å². The number of nitrogens with zero attached hydrogens (tertiary/aromatic N) is 2. The number of halogens is 1. The van der Waals surface area contributed by atoms with Gasteiger partial charge in [-0.15, -0.1) is 0 Å². The summed E-state index contributed by atoms with van der Waals surface area (Å²) in [6, 6.07) is 14.2. The minimum Gasteiger partial charge on any atom is -0.392 e. The molecular formula is C17H14ClN3O2S. The fourth-order valence-electron chi connectivity index (χ4n) is 2.13. The normalized spacial score (nSPS) is 11.9. The average Bonchev–Trinajstić information content (AvgIpc) is 2.62. The smallest absolute Gasteiger partial charge is 0.164 e. The molecule has 1 aromatic heterocycles. The molecule has 0 aliphatic carbocycles. The van der Waals surface area contributed by atoms with Gasteiger partial charge in [-0.2, -0.15) is 0 Å². The predicted molar refractivity (Wildman–Crippen MR) is 94.9 cm³/mol. The summed E-state index contributed by atoms with van der Waals surface area (Å²) in [7, 11) is -1.56. The van der Waals surface area contributed by atoms with Crippen molar-refractivity contribution in [3.8, 4) is 11.3 Å². The van der Waals surface area contributed by atoms with Crippen molar-refractivity contribution in [3.05, 3.63) is 71.5 Å². The third-order valence-electron chi connectivity index (χ3n) is 3.33.